The van der Waals surface area contributed by atoms with Crippen molar-refractivity contribution in [2.75, 3.05) is 7.11 Å². The number of aryl methyl sites for hydroxylation is 1. The lowest BCUT2D eigenvalue weighted by Gasteiger charge is -2.05. The maximum absolute atomic E-state index is 12.8. The van der Waals surface area contributed by atoms with Gasteiger partial charge in [0.05, 0.1) is 7.11 Å². The average Bonchev–Trinajstić information content (AvgIpc) is 2.91. The molecular formula is C17H14BrNO2. The van der Waals surface area contributed by atoms with Gasteiger partial charge in [-0.05, 0) is 42.8 Å². The van der Waals surface area contributed by atoms with Crippen molar-refractivity contribution in [3.05, 3.63) is 63.8 Å². The molecule has 0 amide bonds. The van der Waals surface area contributed by atoms with Gasteiger partial charge in [0, 0.05) is 32.7 Å². The molecule has 0 radical (unpaired) electrons. The van der Waals surface area contributed by atoms with Gasteiger partial charge in [-0.2, -0.15) is 0 Å². The van der Waals surface area contributed by atoms with Gasteiger partial charge >= 0.3 is 0 Å². The third-order valence-electron chi connectivity index (χ3n) is 3.58. The molecule has 1 N–H and O–H groups in total. The number of carbonyl (C=O) groups is 1. The number of nitrogens with one attached hydrogen (secondary N) is 1. The van der Waals surface area contributed by atoms with Crippen molar-refractivity contribution >= 4 is 32.6 Å². The minimum absolute atomic E-state index is 0.00769. The first-order valence-corrected chi connectivity index (χ1v) is 7.35. The van der Waals surface area contributed by atoms with Crippen molar-refractivity contribution in [3.8, 4) is 5.75 Å². The predicted molar refractivity (Wildman–Crippen MR) is 87.2 cm³/mol. The van der Waals surface area contributed by atoms with Crippen LogP contribution in [0.2, 0.25) is 0 Å². The summed E-state index contributed by atoms with van der Waals surface area (Å²) in [5.41, 5.74) is 3.24. The van der Waals surface area contributed by atoms with Crippen LogP contribution in [0.25, 0.3) is 10.9 Å². The predicted octanol–water partition coefficient (Wildman–Crippen LogP) is 4.48. The lowest BCUT2D eigenvalue weighted by molar-refractivity contribution is 0.103. The number of hydrogen-bond donors (Lipinski definition) is 1. The maximum atomic E-state index is 12.8. The monoisotopic (exact) mass is 343 g/mol. The largest absolute Gasteiger partial charge is 0.497 e. The number of hydrogen-bond acceptors (Lipinski definition) is 2. The minimum atomic E-state index is 0.00769. The Kier molecular flexibility index (Phi) is 3.55. The lowest BCUT2D eigenvalue weighted by atomic mass is 9.99. The Hall–Kier alpha value is -2.07. The van der Waals surface area contributed by atoms with E-state index in [1.807, 2.05) is 43.3 Å². The number of fused-ring (bicyclic) bond motifs is 1. The fourth-order valence-corrected chi connectivity index (χ4v) is 2.76. The van der Waals surface area contributed by atoms with Crippen LogP contribution in [-0.2, 0) is 0 Å². The third kappa shape index (κ3) is 2.47. The van der Waals surface area contributed by atoms with Crippen molar-refractivity contribution in [2.24, 2.45) is 0 Å². The number of rotatable bonds is 3. The SMILES string of the molecule is COc1ccc2[nH]cc(C(=O)c3cc(Br)ccc3C)c2c1. The van der Waals surface area contributed by atoms with Gasteiger partial charge in [0.1, 0.15) is 5.75 Å². The molecule has 3 rings (SSSR count). The molecule has 0 saturated carbocycles. The van der Waals surface area contributed by atoms with Gasteiger partial charge in [0.2, 0.25) is 0 Å². The zero-order chi connectivity index (χ0) is 15.0. The molecule has 4 heteroatoms. The molecule has 0 aliphatic carbocycles. The van der Waals surface area contributed by atoms with E-state index in [0.717, 1.165) is 26.7 Å². The second-order valence-electron chi connectivity index (χ2n) is 4.90. The molecule has 0 fully saturated rings. The van der Waals surface area contributed by atoms with E-state index in [0.29, 0.717) is 11.1 Å². The summed E-state index contributed by atoms with van der Waals surface area (Å²) < 4.78 is 6.14. The second-order valence-corrected chi connectivity index (χ2v) is 5.82. The van der Waals surface area contributed by atoms with Crippen LogP contribution in [0.15, 0.2) is 47.1 Å². The normalized spacial score (nSPS) is 10.8. The first kappa shape index (κ1) is 13.9. The summed E-state index contributed by atoms with van der Waals surface area (Å²) in [6, 6.07) is 11.4. The van der Waals surface area contributed by atoms with Crippen LogP contribution in [0.3, 0.4) is 0 Å². The first-order chi connectivity index (χ1) is 10.1. The summed E-state index contributed by atoms with van der Waals surface area (Å²) in [4.78, 5) is 15.9. The number of ketones is 1. The van der Waals surface area contributed by atoms with Crippen LogP contribution in [0.4, 0.5) is 0 Å². The van der Waals surface area contributed by atoms with Gasteiger partial charge in [-0.1, -0.05) is 22.0 Å². The molecule has 0 saturated heterocycles. The van der Waals surface area contributed by atoms with Crippen molar-refractivity contribution in [1.29, 1.82) is 0 Å². The van der Waals surface area contributed by atoms with Crippen LogP contribution < -0.4 is 4.74 Å². The summed E-state index contributed by atoms with van der Waals surface area (Å²) >= 11 is 3.42. The highest BCUT2D eigenvalue weighted by Gasteiger charge is 2.16. The van der Waals surface area contributed by atoms with E-state index < -0.39 is 0 Å². The molecule has 21 heavy (non-hydrogen) atoms. The number of halogens is 1. The van der Waals surface area contributed by atoms with Crippen molar-refractivity contribution in [3.63, 3.8) is 0 Å². The summed E-state index contributed by atoms with van der Waals surface area (Å²) in [6.07, 6.45) is 1.76. The highest BCUT2D eigenvalue weighted by Crippen LogP contribution is 2.27. The minimum Gasteiger partial charge on any atom is -0.497 e. The van der Waals surface area contributed by atoms with E-state index in [1.165, 1.54) is 0 Å². The number of aromatic nitrogens is 1. The fourth-order valence-electron chi connectivity index (χ4n) is 2.40. The number of ether oxygens (including phenoxy) is 1. The Morgan fingerprint density at radius 3 is 2.71 bits per heavy atom. The van der Waals surface area contributed by atoms with Crippen molar-refractivity contribution < 1.29 is 9.53 Å². The quantitative estimate of drug-likeness (QED) is 0.712. The number of aromatic amines is 1. The highest BCUT2D eigenvalue weighted by atomic mass is 79.9. The molecule has 1 heterocycles. The second kappa shape index (κ2) is 5.37. The molecule has 0 atom stereocenters. The van der Waals surface area contributed by atoms with Gasteiger partial charge in [-0.3, -0.25) is 4.79 Å². The Bertz CT molecular complexity index is 836. The van der Waals surface area contributed by atoms with Crippen LogP contribution in [0.1, 0.15) is 21.5 Å². The highest BCUT2D eigenvalue weighted by molar-refractivity contribution is 9.10. The van der Waals surface area contributed by atoms with E-state index in [-0.39, 0.29) is 5.78 Å². The molecule has 1 aromatic heterocycles. The van der Waals surface area contributed by atoms with E-state index in [1.54, 1.807) is 13.3 Å². The maximum Gasteiger partial charge on any atom is 0.195 e. The number of methoxy groups -OCH3 is 1. The average molecular weight is 344 g/mol. The topological polar surface area (TPSA) is 42.1 Å². The number of H-pyrrole nitrogens is 1. The Morgan fingerprint density at radius 1 is 1.14 bits per heavy atom. The summed E-state index contributed by atoms with van der Waals surface area (Å²) in [7, 11) is 1.62. The summed E-state index contributed by atoms with van der Waals surface area (Å²) in [5.74, 6) is 0.746. The van der Waals surface area contributed by atoms with Gasteiger partial charge in [0.15, 0.2) is 5.78 Å². The molecule has 3 nitrogen and oxygen atoms in total. The smallest absolute Gasteiger partial charge is 0.195 e. The molecule has 0 spiro atoms. The molecule has 0 aliphatic heterocycles. The molecular weight excluding hydrogens is 330 g/mol. The molecule has 0 unspecified atom stereocenters. The van der Waals surface area contributed by atoms with E-state index in [2.05, 4.69) is 20.9 Å². The lowest BCUT2D eigenvalue weighted by Crippen LogP contribution is -2.03. The van der Waals surface area contributed by atoms with Crippen LogP contribution in [-0.4, -0.2) is 17.9 Å². The fraction of sp³-hybridized carbons (Fsp3) is 0.118. The zero-order valence-corrected chi connectivity index (χ0v) is 13.3. The zero-order valence-electron chi connectivity index (χ0n) is 11.7. The van der Waals surface area contributed by atoms with Gasteiger partial charge < -0.3 is 9.72 Å². The molecule has 2 aromatic carbocycles. The standard InChI is InChI=1S/C17H14BrNO2/c1-10-3-4-11(18)7-13(10)17(20)15-9-19-16-6-5-12(21-2)8-14(15)16/h3-9,19H,1-2H3. The Balaban J connectivity index is 2.15. The van der Waals surface area contributed by atoms with Crippen LogP contribution in [0, 0.1) is 6.92 Å². The Morgan fingerprint density at radius 2 is 1.95 bits per heavy atom. The molecule has 106 valence electrons. The van der Waals surface area contributed by atoms with Crippen LogP contribution >= 0.6 is 15.9 Å². The van der Waals surface area contributed by atoms with Gasteiger partial charge in [-0.15, -0.1) is 0 Å². The van der Waals surface area contributed by atoms with Gasteiger partial charge in [0.25, 0.3) is 0 Å². The van der Waals surface area contributed by atoms with Crippen molar-refractivity contribution in [1.82, 2.24) is 4.98 Å². The van der Waals surface area contributed by atoms with E-state index in [4.69, 9.17) is 4.74 Å². The molecule has 3 aromatic rings. The number of carbonyl (C=O) groups excluding carboxylic acids is 1. The third-order valence-corrected chi connectivity index (χ3v) is 4.07. The van der Waals surface area contributed by atoms with Crippen molar-refractivity contribution in [2.45, 2.75) is 6.92 Å². The Labute approximate surface area is 131 Å². The van der Waals surface area contributed by atoms with Gasteiger partial charge in [-0.25, -0.2) is 0 Å². The number of benzene rings is 2. The first-order valence-electron chi connectivity index (χ1n) is 6.56. The molecule has 0 bridgehead atoms. The summed E-state index contributed by atoms with van der Waals surface area (Å²) in [5, 5.41) is 0.874. The van der Waals surface area contributed by atoms with E-state index in [9.17, 15) is 4.79 Å². The summed E-state index contributed by atoms with van der Waals surface area (Å²) in [6.45, 7) is 1.94. The molecule has 0 aliphatic rings. The van der Waals surface area contributed by atoms with E-state index >= 15 is 0 Å². The van der Waals surface area contributed by atoms with Crippen LogP contribution in [0.5, 0.6) is 5.75 Å².